The summed E-state index contributed by atoms with van der Waals surface area (Å²) in [5, 5.41) is 13.5. The molecule has 0 saturated carbocycles. The van der Waals surface area contributed by atoms with Crippen LogP contribution in [-0.4, -0.2) is 23.7 Å². The number of hydrogen-bond acceptors (Lipinski definition) is 5. The standard InChI is InChI=1S/C15H13ClN2O4S/c1-22-11-3-2-4-12(8-11)23-9-15(19)17-10-5-6-13(16)14(7-10)18(20)21/h2-8H,9H2,1H3,(H,17,19). The number of nitro benzene ring substituents is 1. The fourth-order valence-electron chi connectivity index (χ4n) is 1.77. The van der Waals surface area contributed by atoms with Gasteiger partial charge in [0.15, 0.2) is 0 Å². The number of carbonyl (C=O) groups excluding carboxylic acids is 1. The predicted molar refractivity (Wildman–Crippen MR) is 90.5 cm³/mol. The highest BCUT2D eigenvalue weighted by Crippen LogP contribution is 2.28. The number of ether oxygens (including phenoxy) is 1. The molecular weight excluding hydrogens is 340 g/mol. The number of nitro groups is 1. The van der Waals surface area contributed by atoms with Gasteiger partial charge in [0.25, 0.3) is 5.69 Å². The van der Waals surface area contributed by atoms with Crippen molar-refractivity contribution in [1.82, 2.24) is 0 Å². The summed E-state index contributed by atoms with van der Waals surface area (Å²) in [6.07, 6.45) is 0. The Morgan fingerprint density at radius 1 is 1.35 bits per heavy atom. The molecule has 2 rings (SSSR count). The van der Waals surface area contributed by atoms with Gasteiger partial charge in [0.2, 0.25) is 5.91 Å². The highest BCUT2D eigenvalue weighted by Gasteiger charge is 2.14. The third-order valence-corrected chi connectivity index (χ3v) is 4.15. The lowest BCUT2D eigenvalue weighted by atomic mass is 10.3. The van der Waals surface area contributed by atoms with Crippen molar-refractivity contribution in [3.63, 3.8) is 0 Å². The lowest BCUT2D eigenvalue weighted by molar-refractivity contribution is -0.384. The number of thioether (sulfide) groups is 1. The van der Waals surface area contributed by atoms with Gasteiger partial charge in [-0.15, -0.1) is 11.8 Å². The molecule has 8 heteroatoms. The fraction of sp³-hybridized carbons (Fsp3) is 0.133. The number of rotatable bonds is 6. The van der Waals surface area contributed by atoms with Crippen molar-refractivity contribution in [3.8, 4) is 5.75 Å². The van der Waals surface area contributed by atoms with Gasteiger partial charge in [-0.1, -0.05) is 17.7 Å². The quantitative estimate of drug-likeness (QED) is 0.483. The van der Waals surface area contributed by atoms with Crippen LogP contribution in [0.15, 0.2) is 47.4 Å². The maximum absolute atomic E-state index is 11.9. The van der Waals surface area contributed by atoms with E-state index in [1.54, 1.807) is 7.11 Å². The molecule has 0 aliphatic rings. The second kappa shape index (κ2) is 7.85. The molecule has 0 heterocycles. The van der Waals surface area contributed by atoms with Crippen LogP contribution in [0.5, 0.6) is 5.75 Å². The third-order valence-electron chi connectivity index (χ3n) is 2.84. The van der Waals surface area contributed by atoms with E-state index in [0.717, 1.165) is 4.90 Å². The van der Waals surface area contributed by atoms with E-state index in [1.165, 1.54) is 30.0 Å². The molecule has 1 amide bonds. The summed E-state index contributed by atoms with van der Waals surface area (Å²) >= 11 is 7.07. The summed E-state index contributed by atoms with van der Waals surface area (Å²) < 4.78 is 5.11. The van der Waals surface area contributed by atoms with Crippen LogP contribution in [0.2, 0.25) is 5.02 Å². The summed E-state index contributed by atoms with van der Waals surface area (Å²) in [5.41, 5.74) is 0.0854. The number of methoxy groups -OCH3 is 1. The molecule has 0 aliphatic carbocycles. The molecule has 0 fully saturated rings. The second-order valence-electron chi connectivity index (χ2n) is 4.44. The van der Waals surface area contributed by atoms with Crippen LogP contribution in [0.1, 0.15) is 0 Å². The third kappa shape index (κ3) is 4.87. The predicted octanol–water partition coefficient (Wildman–Crippen LogP) is 3.99. The Balaban J connectivity index is 1.97. The first-order valence-corrected chi connectivity index (χ1v) is 7.86. The minimum Gasteiger partial charge on any atom is -0.497 e. The largest absolute Gasteiger partial charge is 0.497 e. The molecule has 0 aliphatic heterocycles. The zero-order valence-electron chi connectivity index (χ0n) is 12.1. The number of nitrogens with one attached hydrogen (secondary N) is 1. The number of halogens is 1. The average molecular weight is 353 g/mol. The topological polar surface area (TPSA) is 81.5 Å². The average Bonchev–Trinajstić information content (AvgIpc) is 2.54. The summed E-state index contributed by atoms with van der Waals surface area (Å²) in [6, 6.07) is 11.5. The minimum atomic E-state index is -0.594. The molecule has 120 valence electrons. The lowest BCUT2D eigenvalue weighted by Gasteiger charge is -2.06. The first-order valence-electron chi connectivity index (χ1n) is 6.50. The molecule has 0 spiro atoms. The summed E-state index contributed by atoms with van der Waals surface area (Å²) in [6.45, 7) is 0. The van der Waals surface area contributed by atoms with E-state index in [0.29, 0.717) is 11.4 Å². The highest BCUT2D eigenvalue weighted by atomic mass is 35.5. The molecule has 23 heavy (non-hydrogen) atoms. The van der Waals surface area contributed by atoms with Gasteiger partial charge in [-0.3, -0.25) is 14.9 Å². The normalized spacial score (nSPS) is 10.2. The van der Waals surface area contributed by atoms with Crippen molar-refractivity contribution in [2.75, 3.05) is 18.2 Å². The molecule has 0 saturated heterocycles. The van der Waals surface area contributed by atoms with E-state index in [-0.39, 0.29) is 22.4 Å². The van der Waals surface area contributed by atoms with Gasteiger partial charge in [-0.05, 0) is 30.3 Å². The molecule has 0 atom stereocenters. The Hall–Kier alpha value is -2.25. The first kappa shape index (κ1) is 17.1. The van der Waals surface area contributed by atoms with Gasteiger partial charge < -0.3 is 10.1 Å². The van der Waals surface area contributed by atoms with Crippen LogP contribution < -0.4 is 10.1 Å². The lowest BCUT2D eigenvalue weighted by Crippen LogP contribution is -2.14. The van der Waals surface area contributed by atoms with Crippen LogP contribution in [0.4, 0.5) is 11.4 Å². The van der Waals surface area contributed by atoms with Crippen molar-refractivity contribution in [1.29, 1.82) is 0 Å². The zero-order valence-corrected chi connectivity index (χ0v) is 13.7. The number of carbonyl (C=O) groups is 1. The number of hydrogen-bond donors (Lipinski definition) is 1. The van der Waals surface area contributed by atoms with E-state index in [4.69, 9.17) is 16.3 Å². The van der Waals surface area contributed by atoms with E-state index < -0.39 is 4.92 Å². The molecule has 2 aromatic rings. The van der Waals surface area contributed by atoms with Gasteiger partial charge >= 0.3 is 0 Å². The first-order chi connectivity index (χ1) is 11.0. The van der Waals surface area contributed by atoms with Crippen LogP contribution in [-0.2, 0) is 4.79 Å². The van der Waals surface area contributed by atoms with Gasteiger partial charge in [0.05, 0.1) is 17.8 Å². The molecule has 0 aromatic heterocycles. The molecule has 1 N–H and O–H groups in total. The summed E-state index contributed by atoms with van der Waals surface area (Å²) in [4.78, 5) is 23.1. The van der Waals surface area contributed by atoms with Crippen molar-refractivity contribution >= 4 is 40.6 Å². The Bertz CT molecular complexity index is 739. The zero-order chi connectivity index (χ0) is 16.8. The summed E-state index contributed by atoms with van der Waals surface area (Å²) in [5.74, 6) is 0.613. The number of nitrogens with zero attached hydrogens (tertiary/aromatic N) is 1. The van der Waals surface area contributed by atoms with Gasteiger partial charge in [0.1, 0.15) is 10.8 Å². The second-order valence-corrected chi connectivity index (χ2v) is 5.90. The number of anilines is 1. The Morgan fingerprint density at radius 3 is 2.83 bits per heavy atom. The van der Waals surface area contributed by atoms with Crippen molar-refractivity contribution in [2.24, 2.45) is 0 Å². The smallest absolute Gasteiger partial charge is 0.289 e. The Labute approximate surface area is 141 Å². The van der Waals surface area contributed by atoms with Crippen LogP contribution in [0.25, 0.3) is 0 Å². The molecule has 0 bridgehead atoms. The SMILES string of the molecule is COc1cccc(SCC(=O)Nc2ccc(Cl)c([N+](=O)[O-])c2)c1. The van der Waals surface area contributed by atoms with Gasteiger partial charge in [-0.25, -0.2) is 0 Å². The van der Waals surface area contributed by atoms with Crippen LogP contribution >= 0.6 is 23.4 Å². The van der Waals surface area contributed by atoms with E-state index in [1.807, 2.05) is 24.3 Å². The van der Waals surface area contributed by atoms with E-state index >= 15 is 0 Å². The Kier molecular flexibility index (Phi) is 5.84. The van der Waals surface area contributed by atoms with Crippen molar-refractivity contribution in [3.05, 3.63) is 57.6 Å². The van der Waals surface area contributed by atoms with Crippen LogP contribution in [0, 0.1) is 10.1 Å². The maximum atomic E-state index is 11.9. The van der Waals surface area contributed by atoms with Crippen LogP contribution in [0.3, 0.4) is 0 Å². The molecule has 2 aromatic carbocycles. The van der Waals surface area contributed by atoms with E-state index in [2.05, 4.69) is 5.32 Å². The number of benzene rings is 2. The molecular formula is C15H13ClN2O4S. The van der Waals surface area contributed by atoms with E-state index in [9.17, 15) is 14.9 Å². The maximum Gasteiger partial charge on any atom is 0.289 e. The van der Waals surface area contributed by atoms with Gasteiger partial charge in [0, 0.05) is 16.6 Å². The minimum absolute atomic E-state index is 0.0266. The fourth-order valence-corrected chi connectivity index (χ4v) is 2.70. The van der Waals surface area contributed by atoms with Crippen molar-refractivity contribution < 1.29 is 14.5 Å². The Morgan fingerprint density at radius 2 is 2.13 bits per heavy atom. The highest BCUT2D eigenvalue weighted by molar-refractivity contribution is 8.00. The summed E-state index contributed by atoms with van der Waals surface area (Å²) in [7, 11) is 1.57. The van der Waals surface area contributed by atoms with Gasteiger partial charge in [-0.2, -0.15) is 0 Å². The monoisotopic (exact) mass is 352 g/mol. The molecule has 6 nitrogen and oxygen atoms in total. The number of amides is 1. The molecule has 0 unspecified atom stereocenters. The van der Waals surface area contributed by atoms with Crippen molar-refractivity contribution in [2.45, 2.75) is 4.90 Å². The molecule has 0 radical (unpaired) electrons.